The molecule has 2 rings (SSSR count). The summed E-state index contributed by atoms with van der Waals surface area (Å²) in [5.74, 6) is 0.493. The molecule has 0 aliphatic carbocycles. The monoisotopic (exact) mass is 228 g/mol. The fourth-order valence-electron chi connectivity index (χ4n) is 2.34. The lowest BCUT2D eigenvalue weighted by Gasteiger charge is -2.20. The summed E-state index contributed by atoms with van der Waals surface area (Å²) in [5, 5.41) is 1.17. The maximum absolute atomic E-state index is 6.35. The molecular formula is C15H20N2. The lowest BCUT2D eigenvalue weighted by Crippen LogP contribution is -2.19. The summed E-state index contributed by atoms with van der Waals surface area (Å²) in [5.41, 5.74) is 8.57. The van der Waals surface area contributed by atoms with Crippen LogP contribution in [-0.2, 0) is 0 Å². The molecular weight excluding hydrogens is 208 g/mol. The third-order valence-corrected chi connectivity index (χ3v) is 3.38. The van der Waals surface area contributed by atoms with Crippen molar-refractivity contribution in [1.29, 1.82) is 0 Å². The van der Waals surface area contributed by atoms with Crippen LogP contribution in [0.25, 0.3) is 10.9 Å². The van der Waals surface area contributed by atoms with Crippen molar-refractivity contribution in [1.82, 2.24) is 4.98 Å². The van der Waals surface area contributed by atoms with Crippen LogP contribution in [0.2, 0.25) is 0 Å². The van der Waals surface area contributed by atoms with E-state index < -0.39 is 0 Å². The molecule has 2 nitrogen and oxygen atoms in total. The summed E-state index contributed by atoms with van der Waals surface area (Å²) < 4.78 is 0. The molecule has 0 bridgehead atoms. The molecule has 17 heavy (non-hydrogen) atoms. The largest absolute Gasteiger partial charge is 0.324 e. The van der Waals surface area contributed by atoms with Gasteiger partial charge in [-0.2, -0.15) is 0 Å². The van der Waals surface area contributed by atoms with Crippen molar-refractivity contribution in [2.24, 2.45) is 11.7 Å². The Morgan fingerprint density at radius 1 is 1.24 bits per heavy atom. The average Bonchev–Trinajstić information content (AvgIpc) is 2.37. The fraction of sp³-hybridized carbons (Fsp3) is 0.400. The minimum Gasteiger partial charge on any atom is -0.324 e. The van der Waals surface area contributed by atoms with Gasteiger partial charge in [-0.15, -0.1) is 0 Å². The van der Waals surface area contributed by atoms with Gasteiger partial charge >= 0.3 is 0 Å². The van der Waals surface area contributed by atoms with Crippen LogP contribution in [0, 0.1) is 5.92 Å². The van der Waals surface area contributed by atoms with Crippen LogP contribution in [0.1, 0.15) is 38.3 Å². The van der Waals surface area contributed by atoms with Crippen molar-refractivity contribution in [3.05, 3.63) is 42.1 Å². The lowest BCUT2D eigenvalue weighted by atomic mass is 9.90. The van der Waals surface area contributed by atoms with Crippen molar-refractivity contribution in [3.8, 4) is 0 Å². The molecule has 2 atom stereocenters. The molecule has 0 saturated carbocycles. The van der Waals surface area contributed by atoms with Crippen LogP contribution in [0.15, 0.2) is 36.5 Å². The normalized spacial score (nSPS) is 14.8. The molecule has 90 valence electrons. The first-order chi connectivity index (χ1) is 8.24. The van der Waals surface area contributed by atoms with E-state index in [9.17, 15) is 0 Å². The predicted octanol–water partition coefficient (Wildman–Crippen LogP) is 3.67. The number of benzene rings is 1. The highest BCUT2D eigenvalue weighted by atomic mass is 14.7. The first kappa shape index (κ1) is 12.1. The van der Waals surface area contributed by atoms with Crippen LogP contribution >= 0.6 is 0 Å². The molecule has 0 aliphatic rings. The van der Waals surface area contributed by atoms with Crippen LogP contribution in [0.4, 0.5) is 0 Å². The molecule has 2 unspecified atom stereocenters. The second-order valence-electron chi connectivity index (χ2n) is 4.71. The molecule has 0 aliphatic heterocycles. The zero-order valence-corrected chi connectivity index (χ0v) is 10.6. The summed E-state index contributed by atoms with van der Waals surface area (Å²) in [4.78, 5) is 4.46. The molecule has 1 heterocycles. The molecule has 2 N–H and O–H groups in total. The summed E-state index contributed by atoms with van der Waals surface area (Å²) in [6, 6.07) is 10.4. The molecule has 0 spiro atoms. The van der Waals surface area contributed by atoms with Gasteiger partial charge in [0.15, 0.2) is 0 Å². The fourth-order valence-corrected chi connectivity index (χ4v) is 2.34. The smallest absolute Gasteiger partial charge is 0.0749 e. The number of nitrogens with zero attached hydrogens (tertiary/aromatic N) is 1. The number of rotatable bonds is 4. The maximum Gasteiger partial charge on any atom is 0.0749 e. The van der Waals surface area contributed by atoms with Gasteiger partial charge in [0, 0.05) is 17.6 Å². The van der Waals surface area contributed by atoms with Gasteiger partial charge in [-0.25, -0.2) is 0 Å². The van der Waals surface area contributed by atoms with Gasteiger partial charge in [-0.3, -0.25) is 4.98 Å². The first-order valence-corrected chi connectivity index (χ1v) is 6.33. The first-order valence-electron chi connectivity index (χ1n) is 6.33. The molecule has 2 aromatic rings. The molecule has 2 heteroatoms. The Morgan fingerprint density at radius 3 is 2.76 bits per heavy atom. The standard InChI is InChI=1S/C15H20N2/c1-3-6-11(2)14(16)13-9-4-7-12-8-5-10-17-15(12)13/h4-5,7-11,14H,3,6,16H2,1-2H3. The summed E-state index contributed by atoms with van der Waals surface area (Å²) in [6.45, 7) is 4.42. The third-order valence-electron chi connectivity index (χ3n) is 3.38. The van der Waals surface area contributed by atoms with E-state index in [0.29, 0.717) is 5.92 Å². The number of nitrogens with two attached hydrogens (primary N) is 1. The lowest BCUT2D eigenvalue weighted by molar-refractivity contribution is 0.435. The van der Waals surface area contributed by atoms with Crippen LogP contribution in [-0.4, -0.2) is 4.98 Å². The molecule has 1 aromatic carbocycles. The Bertz CT molecular complexity index is 488. The van der Waals surface area contributed by atoms with Crippen LogP contribution in [0.3, 0.4) is 0 Å². The quantitative estimate of drug-likeness (QED) is 0.867. The van der Waals surface area contributed by atoms with Gasteiger partial charge in [-0.1, -0.05) is 44.5 Å². The van der Waals surface area contributed by atoms with Gasteiger partial charge in [0.25, 0.3) is 0 Å². The number of para-hydroxylation sites is 1. The predicted molar refractivity (Wildman–Crippen MR) is 72.7 cm³/mol. The Balaban J connectivity index is 2.41. The van der Waals surface area contributed by atoms with E-state index in [0.717, 1.165) is 11.9 Å². The van der Waals surface area contributed by atoms with Gasteiger partial charge in [0.1, 0.15) is 0 Å². The number of fused-ring (bicyclic) bond motifs is 1. The van der Waals surface area contributed by atoms with E-state index in [1.165, 1.54) is 17.4 Å². The third kappa shape index (κ3) is 2.47. The summed E-state index contributed by atoms with van der Waals surface area (Å²) >= 11 is 0. The van der Waals surface area contributed by atoms with Gasteiger partial charge < -0.3 is 5.73 Å². The highest BCUT2D eigenvalue weighted by molar-refractivity contribution is 5.81. The van der Waals surface area contributed by atoms with Gasteiger partial charge in [-0.05, 0) is 24.0 Å². The SMILES string of the molecule is CCCC(C)C(N)c1cccc2cccnc12. The van der Waals surface area contributed by atoms with Crippen molar-refractivity contribution in [2.45, 2.75) is 32.7 Å². The van der Waals surface area contributed by atoms with Crippen molar-refractivity contribution in [3.63, 3.8) is 0 Å². The summed E-state index contributed by atoms with van der Waals surface area (Å²) in [6.07, 6.45) is 4.17. The highest BCUT2D eigenvalue weighted by Crippen LogP contribution is 2.27. The number of aromatic nitrogens is 1. The Kier molecular flexibility index (Phi) is 3.75. The Labute approximate surface area is 103 Å². The minimum absolute atomic E-state index is 0.0774. The van der Waals surface area contributed by atoms with Gasteiger partial charge in [0.2, 0.25) is 0 Å². The van der Waals surface area contributed by atoms with Crippen molar-refractivity contribution < 1.29 is 0 Å². The zero-order valence-electron chi connectivity index (χ0n) is 10.6. The van der Waals surface area contributed by atoms with E-state index >= 15 is 0 Å². The maximum atomic E-state index is 6.35. The molecule has 0 radical (unpaired) electrons. The van der Waals surface area contributed by atoms with E-state index in [1.807, 2.05) is 12.3 Å². The van der Waals surface area contributed by atoms with Gasteiger partial charge in [0.05, 0.1) is 5.52 Å². The number of hydrogen-bond donors (Lipinski definition) is 1. The van der Waals surface area contributed by atoms with Crippen LogP contribution < -0.4 is 5.73 Å². The molecule has 1 aromatic heterocycles. The van der Waals surface area contributed by atoms with Crippen molar-refractivity contribution >= 4 is 10.9 Å². The summed E-state index contributed by atoms with van der Waals surface area (Å²) in [7, 11) is 0. The highest BCUT2D eigenvalue weighted by Gasteiger charge is 2.16. The number of hydrogen-bond acceptors (Lipinski definition) is 2. The number of pyridine rings is 1. The Hall–Kier alpha value is -1.41. The second kappa shape index (κ2) is 5.28. The second-order valence-corrected chi connectivity index (χ2v) is 4.71. The zero-order chi connectivity index (χ0) is 12.3. The van der Waals surface area contributed by atoms with E-state index in [2.05, 4.69) is 43.1 Å². The Morgan fingerprint density at radius 2 is 2.00 bits per heavy atom. The molecule has 0 saturated heterocycles. The minimum atomic E-state index is 0.0774. The molecule has 0 amide bonds. The van der Waals surface area contributed by atoms with Crippen molar-refractivity contribution in [2.75, 3.05) is 0 Å². The topological polar surface area (TPSA) is 38.9 Å². The average molecular weight is 228 g/mol. The molecule has 0 fully saturated rings. The van der Waals surface area contributed by atoms with E-state index in [-0.39, 0.29) is 6.04 Å². The van der Waals surface area contributed by atoms with Crippen LogP contribution in [0.5, 0.6) is 0 Å². The van der Waals surface area contributed by atoms with E-state index in [1.54, 1.807) is 0 Å². The van der Waals surface area contributed by atoms with E-state index in [4.69, 9.17) is 5.73 Å².